The first-order valence-corrected chi connectivity index (χ1v) is 11.3. The monoisotopic (exact) mass is 432 g/mol. The van der Waals surface area contributed by atoms with E-state index in [0.29, 0.717) is 23.3 Å². The molecule has 3 N–H and O–H groups in total. The van der Waals surface area contributed by atoms with Crippen molar-refractivity contribution in [3.05, 3.63) is 65.8 Å². The van der Waals surface area contributed by atoms with Gasteiger partial charge >= 0.3 is 0 Å². The van der Waals surface area contributed by atoms with E-state index in [9.17, 15) is 4.79 Å². The number of rotatable bonds is 5. The van der Waals surface area contributed by atoms with Crippen LogP contribution in [0, 0.1) is 5.92 Å². The third-order valence-electron chi connectivity index (χ3n) is 5.73. The van der Waals surface area contributed by atoms with Gasteiger partial charge in [0.1, 0.15) is 5.69 Å². The molecule has 8 heteroatoms. The van der Waals surface area contributed by atoms with Crippen molar-refractivity contribution in [3.63, 3.8) is 0 Å². The number of amides is 1. The molecule has 0 spiro atoms. The normalized spacial score (nSPS) is 16.5. The number of carbonyl (C=O) groups is 1. The summed E-state index contributed by atoms with van der Waals surface area (Å²) in [5, 5.41) is 11.0. The van der Waals surface area contributed by atoms with Gasteiger partial charge in [0.15, 0.2) is 0 Å². The Bertz CT molecular complexity index is 1220. The molecule has 0 saturated carbocycles. The van der Waals surface area contributed by atoms with Crippen molar-refractivity contribution in [1.82, 2.24) is 14.8 Å². The summed E-state index contributed by atoms with van der Waals surface area (Å²) in [4.78, 5) is 19.8. The molecule has 0 bridgehead atoms. The Kier molecular flexibility index (Phi) is 5.40. The average Bonchev–Trinajstić information content (AvgIpc) is 3.47. The summed E-state index contributed by atoms with van der Waals surface area (Å²) in [6, 6.07) is 15.9. The summed E-state index contributed by atoms with van der Waals surface area (Å²) in [7, 11) is 0. The highest BCUT2D eigenvalue weighted by Gasteiger charge is 2.22. The fourth-order valence-electron chi connectivity index (χ4n) is 4.11. The van der Waals surface area contributed by atoms with Crippen molar-refractivity contribution < 1.29 is 4.79 Å². The minimum Gasteiger partial charge on any atom is -0.370 e. The fourth-order valence-corrected chi connectivity index (χ4v) is 4.88. The SMILES string of the molecule is NCC1CCCN(c2ccccc2NC(=O)c2csc(-n3ncc4ccccc43)n2)C1. The Labute approximate surface area is 184 Å². The number of para-hydroxylation sites is 3. The second-order valence-corrected chi connectivity index (χ2v) is 8.63. The molecule has 5 rings (SSSR count). The van der Waals surface area contributed by atoms with Crippen molar-refractivity contribution in [2.24, 2.45) is 11.7 Å². The molecule has 4 aromatic rings. The number of nitrogens with two attached hydrogens (primary N) is 1. The third-order valence-corrected chi connectivity index (χ3v) is 6.54. The molecule has 2 aromatic carbocycles. The molecular weight excluding hydrogens is 408 g/mol. The van der Waals surface area contributed by atoms with Crippen LogP contribution in [0.3, 0.4) is 0 Å². The minimum absolute atomic E-state index is 0.223. The van der Waals surface area contributed by atoms with Crippen molar-refractivity contribution in [2.45, 2.75) is 12.8 Å². The molecule has 3 heterocycles. The molecule has 0 radical (unpaired) electrons. The highest BCUT2D eigenvalue weighted by Crippen LogP contribution is 2.30. The number of benzene rings is 2. The summed E-state index contributed by atoms with van der Waals surface area (Å²) in [5.41, 5.74) is 9.08. The van der Waals surface area contributed by atoms with Crippen molar-refractivity contribution in [3.8, 4) is 5.13 Å². The minimum atomic E-state index is -0.223. The molecule has 2 aromatic heterocycles. The number of carbonyl (C=O) groups excluding carboxylic acids is 1. The number of anilines is 2. The zero-order valence-corrected chi connectivity index (χ0v) is 17.9. The van der Waals surface area contributed by atoms with Gasteiger partial charge in [-0.3, -0.25) is 4.79 Å². The number of nitrogens with one attached hydrogen (secondary N) is 1. The zero-order chi connectivity index (χ0) is 21.2. The molecule has 0 aliphatic carbocycles. The lowest BCUT2D eigenvalue weighted by Crippen LogP contribution is -2.38. The summed E-state index contributed by atoms with van der Waals surface area (Å²) in [6.07, 6.45) is 4.07. The van der Waals surface area contributed by atoms with E-state index < -0.39 is 0 Å². The molecule has 31 heavy (non-hydrogen) atoms. The van der Waals surface area contributed by atoms with Gasteiger partial charge in [0.25, 0.3) is 5.91 Å². The largest absolute Gasteiger partial charge is 0.370 e. The fraction of sp³-hybridized carbons (Fsp3) is 0.261. The summed E-state index contributed by atoms with van der Waals surface area (Å²) < 4.78 is 1.77. The molecule has 1 saturated heterocycles. The molecular formula is C23H24N6OS. The highest BCUT2D eigenvalue weighted by atomic mass is 32.1. The molecule has 158 valence electrons. The second kappa shape index (κ2) is 8.49. The number of hydrogen-bond donors (Lipinski definition) is 2. The van der Waals surface area contributed by atoms with Gasteiger partial charge in [-0.15, -0.1) is 11.3 Å². The van der Waals surface area contributed by atoms with E-state index >= 15 is 0 Å². The molecule has 1 aliphatic heterocycles. The van der Waals surface area contributed by atoms with E-state index in [1.54, 1.807) is 16.3 Å². The number of nitrogens with zero attached hydrogens (tertiary/aromatic N) is 4. The standard InChI is InChI=1S/C23H24N6OS/c24-12-16-6-5-11-28(14-16)21-10-4-2-8-18(21)26-22(30)19-15-31-23(27-19)29-20-9-3-1-7-17(20)13-25-29/h1-4,7-10,13,15-16H,5-6,11-12,14,24H2,(H,26,30). The second-order valence-electron chi connectivity index (χ2n) is 7.79. The molecule has 1 amide bonds. The number of fused-ring (bicyclic) bond motifs is 1. The number of hydrogen-bond acceptors (Lipinski definition) is 6. The van der Waals surface area contributed by atoms with Crippen LogP contribution in [0.4, 0.5) is 11.4 Å². The quantitative estimate of drug-likeness (QED) is 0.499. The predicted molar refractivity (Wildman–Crippen MR) is 125 cm³/mol. The first-order valence-electron chi connectivity index (χ1n) is 10.5. The maximum absolute atomic E-state index is 13.0. The Balaban J connectivity index is 1.37. The smallest absolute Gasteiger partial charge is 0.275 e. The van der Waals surface area contributed by atoms with E-state index in [0.717, 1.165) is 48.2 Å². The maximum atomic E-state index is 13.0. The van der Waals surface area contributed by atoms with Gasteiger partial charge in [-0.2, -0.15) is 5.10 Å². The topological polar surface area (TPSA) is 89.1 Å². The van der Waals surface area contributed by atoms with E-state index in [2.05, 4.69) is 26.4 Å². The Morgan fingerprint density at radius 3 is 2.94 bits per heavy atom. The Morgan fingerprint density at radius 1 is 1.19 bits per heavy atom. The number of aromatic nitrogens is 3. The van der Waals surface area contributed by atoms with Crippen LogP contribution in [0.1, 0.15) is 23.3 Å². The van der Waals surface area contributed by atoms with Gasteiger partial charge in [-0.05, 0) is 43.5 Å². The lowest BCUT2D eigenvalue weighted by Gasteiger charge is -2.35. The lowest BCUT2D eigenvalue weighted by molar-refractivity contribution is 0.102. The lowest BCUT2D eigenvalue weighted by atomic mass is 9.97. The number of thiazole rings is 1. The van der Waals surface area contributed by atoms with Crippen LogP contribution < -0.4 is 16.0 Å². The van der Waals surface area contributed by atoms with E-state index in [4.69, 9.17) is 5.73 Å². The van der Waals surface area contributed by atoms with Gasteiger partial charge in [-0.25, -0.2) is 9.67 Å². The Morgan fingerprint density at radius 2 is 2.03 bits per heavy atom. The van der Waals surface area contributed by atoms with Crippen LogP contribution in [0.15, 0.2) is 60.1 Å². The number of piperidine rings is 1. The van der Waals surface area contributed by atoms with Crippen LogP contribution in [0.5, 0.6) is 0 Å². The van der Waals surface area contributed by atoms with Gasteiger partial charge in [0.05, 0.1) is 23.1 Å². The third kappa shape index (κ3) is 3.92. The van der Waals surface area contributed by atoms with E-state index in [1.165, 1.54) is 11.3 Å². The van der Waals surface area contributed by atoms with Crippen LogP contribution in [0.2, 0.25) is 0 Å². The molecule has 7 nitrogen and oxygen atoms in total. The Hall–Kier alpha value is -3.23. The molecule has 1 fully saturated rings. The molecule has 1 unspecified atom stereocenters. The van der Waals surface area contributed by atoms with Crippen LogP contribution in [-0.2, 0) is 0 Å². The molecule has 1 aliphatic rings. The zero-order valence-electron chi connectivity index (χ0n) is 17.1. The van der Waals surface area contributed by atoms with Crippen LogP contribution in [-0.4, -0.2) is 40.3 Å². The van der Waals surface area contributed by atoms with Gasteiger partial charge in [0.2, 0.25) is 5.13 Å². The average molecular weight is 433 g/mol. The first-order chi connectivity index (χ1) is 15.2. The van der Waals surface area contributed by atoms with E-state index in [-0.39, 0.29) is 5.91 Å². The maximum Gasteiger partial charge on any atom is 0.275 e. The van der Waals surface area contributed by atoms with Crippen molar-refractivity contribution in [2.75, 3.05) is 29.9 Å². The van der Waals surface area contributed by atoms with Gasteiger partial charge < -0.3 is 16.0 Å². The summed E-state index contributed by atoms with van der Waals surface area (Å²) in [5.74, 6) is 0.265. The predicted octanol–water partition coefficient (Wildman–Crippen LogP) is 3.91. The van der Waals surface area contributed by atoms with Gasteiger partial charge in [0, 0.05) is 23.9 Å². The van der Waals surface area contributed by atoms with Crippen LogP contribution >= 0.6 is 11.3 Å². The first kappa shape index (κ1) is 19.7. The highest BCUT2D eigenvalue weighted by molar-refractivity contribution is 7.12. The summed E-state index contributed by atoms with van der Waals surface area (Å²) in [6.45, 7) is 2.57. The molecule has 1 atom stereocenters. The van der Waals surface area contributed by atoms with Gasteiger partial charge in [-0.1, -0.05) is 30.3 Å². The van der Waals surface area contributed by atoms with Crippen molar-refractivity contribution in [1.29, 1.82) is 0 Å². The van der Waals surface area contributed by atoms with Crippen LogP contribution in [0.25, 0.3) is 16.0 Å². The van der Waals surface area contributed by atoms with E-state index in [1.807, 2.05) is 42.5 Å². The van der Waals surface area contributed by atoms with Crippen molar-refractivity contribution >= 4 is 39.5 Å². The summed E-state index contributed by atoms with van der Waals surface area (Å²) >= 11 is 1.40.